The Morgan fingerprint density at radius 3 is 2.50 bits per heavy atom. The van der Waals surface area contributed by atoms with Crippen LogP contribution in [0.5, 0.6) is 0 Å². The molecule has 3 heteroatoms. The Bertz CT molecular complexity index is 371. The average Bonchev–Trinajstić information content (AvgIpc) is 2.33. The Morgan fingerprint density at radius 1 is 1.17 bits per heavy atom. The maximum absolute atomic E-state index is 13.0. The molecule has 12 heavy (non-hydrogen) atoms. The maximum atomic E-state index is 13.0. The Hall–Kier alpha value is -1.51. The fourth-order valence-corrected chi connectivity index (χ4v) is 1.31. The molecule has 2 nitrogen and oxygen atoms in total. The highest BCUT2D eigenvalue weighted by molar-refractivity contribution is 6.48. The summed E-state index contributed by atoms with van der Waals surface area (Å²) in [4.78, 5) is 21.9. The minimum absolute atomic E-state index is 0.201. The van der Waals surface area contributed by atoms with Crippen LogP contribution in [0, 0.1) is 0 Å². The van der Waals surface area contributed by atoms with Crippen molar-refractivity contribution in [2.75, 3.05) is 0 Å². The number of hydrogen-bond donors (Lipinski definition) is 0. The van der Waals surface area contributed by atoms with Crippen LogP contribution in [0.1, 0.15) is 22.1 Å². The number of rotatable bonds is 0. The molecule has 0 aromatic heterocycles. The van der Waals surface area contributed by atoms with Gasteiger partial charge in [-0.15, -0.1) is 0 Å². The molecule has 0 spiro atoms. The summed E-state index contributed by atoms with van der Waals surface area (Å²) in [5.74, 6) is -1.66. The molecule has 0 saturated heterocycles. The molecule has 0 aliphatic heterocycles. The van der Waals surface area contributed by atoms with Crippen LogP contribution in [0.3, 0.4) is 0 Å². The molecule has 1 aliphatic carbocycles. The molecule has 0 heterocycles. The van der Waals surface area contributed by atoms with Crippen LogP contribution in [0.4, 0.5) is 4.39 Å². The SMILES string of the molecule is O=C1C(=O)C(F)c2ccccc21. The van der Waals surface area contributed by atoms with Crippen LogP contribution < -0.4 is 0 Å². The molecule has 0 saturated carbocycles. The summed E-state index contributed by atoms with van der Waals surface area (Å²) in [5, 5.41) is 0. The fraction of sp³-hybridized carbons (Fsp3) is 0.111. The first-order valence-electron chi connectivity index (χ1n) is 3.53. The van der Waals surface area contributed by atoms with Crippen LogP contribution >= 0.6 is 0 Å². The topological polar surface area (TPSA) is 34.1 Å². The van der Waals surface area contributed by atoms with E-state index in [9.17, 15) is 14.0 Å². The molecule has 0 fully saturated rings. The number of Topliss-reactive ketones (excluding diaryl/α,β-unsaturated/α-hetero) is 2. The van der Waals surface area contributed by atoms with E-state index in [1.54, 1.807) is 12.1 Å². The van der Waals surface area contributed by atoms with Gasteiger partial charge in [0.15, 0.2) is 6.17 Å². The molecule has 0 radical (unpaired) electrons. The predicted octanol–water partition coefficient (Wildman–Crippen LogP) is 1.46. The number of carbonyl (C=O) groups excluding carboxylic acids is 2. The van der Waals surface area contributed by atoms with E-state index >= 15 is 0 Å². The molecule has 0 N–H and O–H groups in total. The summed E-state index contributed by atoms with van der Waals surface area (Å²) in [6, 6.07) is 6.15. The zero-order valence-corrected chi connectivity index (χ0v) is 6.08. The molecule has 2 rings (SSSR count). The van der Waals surface area contributed by atoms with E-state index in [-0.39, 0.29) is 11.1 Å². The van der Waals surface area contributed by atoms with Gasteiger partial charge in [0.1, 0.15) is 0 Å². The molecule has 1 aliphatic rings. The van der Waals surface area contributed by atoms with Crippen LogP contribution in [0.25, 0.3) is 0 Å². The lowest BCUT2D eigenvalue weighted by Gasteiger charge is -1.95. The van der Waals surface area contributed by atoms with E-state index < -0.39 is 17.7 Å². The summed E-state index contributed by atoms with van der Waals surface area (Å²) in [7, 11) is 0. The maximum Gasteiger partial charge on any atom is 0.241 e. The highest BCUT2D eigenvalue weighted by Gasteiger charge is 2.37. The predicted molar refractivity (Wildman–Crippen MR) is 39.6 cm³/mol. The second-order valence-corrected chi connectivity index (χ2v) is 2.64. The highest BCUT2D eigenvalue weighted by atomic mass is 19.1. The number of benzene rings is 1. The molecule has 1 unspecified atom stereocenters. The lowest BCUT2D eigenvalue weighted by atomic mass is 10.1. The largest absolute Gasteiger partial charge is 0.287 e. The van der Waals surface area contributed by atoms with Crippen molar-refractivity contribution in [3.05, 3.63) is 35.4 Å². The third-order valence-electron chi connectivity index (χ3n) is 1.93. The Kier molecular flexibility index (Phi) is 1.33. The number of alkyl halides is 1. The zero-order chi connectivity index (χ0) is 8.72. The van der Waals surface area contributed by atoms with E-state index in [2.05, 4.69) is 0 Å². The summed E-state index contributed by atoms with van der Waals surface area (Å²) in [5.41, 5.74) is 0.405. The average molecular weight is 164 g/mol. The van der Waals surface area contributed by atoms with Gasteiger partial charge in [-0.05, 0) is 0 Å². The third-order valence-corrected chi connectivity index (χ3v) is 1.93. The highest BCUT2D eigenvalue weighted by Crippen LogP contribution is 2.30. The van der Waals surface area contributed by atoms with Crippen molar-refractivity contribution < 1.29 is 14.0 Å². The van der Waals surface area contributed by atoms with Gasteiger partial charge in [0, 0.05) is 11.1 Å². The van der Waals surface area contributed by atoms with Gasteiger partial charge in [-0.1, -0.05) is 24.3 Å². The molecule has 0 amide bonds. The normalized spacial score (nSPS) is 21.2. The number of ketones is 2. The van der Waals surface area contributed by atoms with Gasteiger partial charge in [0.05, 0.1) is 0 Å². The van der Waals surface area contributed by atoms with Crippen molar-refractivity contribution >= 4 is 11.6 Å². The van der Waals surface area contributed by atoms with E-state index in [4.69, 9.17) is 0 Å². The summed E-state index contributed by atoms with van der Waals surface area (Å²) in [6.07, 6.45) is -1.74. The van der Waals surface area contributed by atoms with Gasteiger partial charge < -0.3 is 0 Å². The number of halogens is 1. The smallest absolute Gasteiger partial charge is 0.241 e. The van der Waals surface area contributed by atoms with E-state index in [1.165, 1.54) is 12.1 Å². The fourth-order valence-electron chi connectivity index (χ4n) is 1.31. The van der Waals surface area contributed by atoms with Gasteiger partial charge >= 0.3 is 0 Å². The monoisotopic (exact) mass is 164 g/mol. The van der Waals surface area contributed by atoms with Crippen LogP contribution in [-0.4, -0.2) is 11.6 Å². The number of carbonyl (C=O) groups is 2. The lowest BCUT2D eigenvalue weighted by molar-refractivity contribution is -0.119. The molecule has 0 bridgehead atoms. The molecule has 60 valence electrons. The van der Waals surface area contributed by atoms with Crippen LogP contribution in [-0.2, 0) is 4.79 Å². The second-order valence-electron chi connectivity index (χ2n) is 2.64. The van der Waals surface area contributed by atoms with E-state index in [1.807, 2.05) is 0 Å². The quantitative estimate of drug-likeness (QED) is 0.544. The number of hydrogen-bond acceptors (Lipinski definition) is 2. The van der Waals surface area contributed by atoms with Gasteiger partial charge in [-0.3, -0.25) is 9.59 Å². The van der Waals surface area contributed by atoms with Crippen LogP contribution in [0.2, 0.25) is 0 Å². The zero-order valence-electron chi connectivity index (χ0n) is 6.08. The van der Waals surface area contributed by atoms with Crippen molar-refractivity contribution in [1.82, 2.24) is 0 Å². The van der Waals surface area contributed by atoms with Gasteiger partial charge in [0.25, 0.3) is 0 Å². The third kappa shape index (κ3) is 0.733. The second kappa shape index (κ2) is 2.24. The molecule has 1 atom stereocenters. The molecular weight excluding hydrogens is 159 g/mol. The Labute approximate surface area is 68.0 Å². The van der Waals surface area contributed by atoms with Gasteiger partial charge in [-0.2, -0.15) is 0 Å². The lowest BCUT2D eigenvalue weighted by Crippen LogP contribution is -2.08. The Balaban J connectivity index is 2.67. The summed E-state index contributed by atoms with van der Waals surface area (Å²) in [6.45, 7) is 0. The standard InChI is InChI=1S/C9H5FO2/c10-7-5-3-1-2-4-6(5)8(11)9(7)12/h1-4,7H. The van der Waals surface area contributed by atoms with Gasteiger partial charge in [-0.25, -0.2) is 4.39 Å². The summed E-state index contributed by atoms with van der Waals surface area (Å²) >= 11 is 0. The number of fused-ring (bicyclic) bond motifs is 1. The van der Waals surface area contributed by atoms with Crippen LogP contribution in [0.15, 0.2) is 24.3 Å². The molecular formula is C9H5FO2. The van der Waals surface area contributed by atoms with Crippen molar-refractivity contribution in [2.24, 2.45) is 0 Å². The minimum Gasteiger partial charge on any atom is -0.287 e. The molecule has 1 aromatic carbocycles. The minimum atomic E-state index is -1.74. The first-order chi connectivity index (χ1) is 5.72. The Morgan fingerprint density at radius 2 is 1.83 bits per heavy atom. The first-order valence-corrected chi connectivity index (χ1v) is 3.53. The molecule has 1 aromatic rings. The van der Waals surface area contributed by atoms with Crippen molar-refractivity contribution in [3.63, 3.8) is 0 Å². The van der Waals surface area contributed by atoms with Crippen molar-refractivity contribution in [3.8, 4) is 0 Å². The van der Waals surface area contributed by atoms with E-state index in [0.717, 1.165) is 0 Å². The van der Waals surface area contributed by atoms with Gasteiger partial charge in [0.2, 0.25) is 11.6 Å². The van der Waals surface area contributed by atoms with E-state index in [0.29, 0.717) is 0 Å². The van der Waals surface area contributed by atoms with Crippen molar-refractivity contribution in [1.29, 1.82) is 0 Å². The first kappa shape index (κ1) is 7.16. The van der Waals surface area contributed by atoms with Crippen molar-refractivity contribution in [2.45, 2.75) is 6.17 Å². The summed E-state index contributed by atoms with van der Waals surface area (Å²) < 4.78 is 13.0.